The van der Waals surface area contributed by atoms with Crippen LogP contribution in [-0.4, -0.2) is 24.5 Å². The van der Waals surface area contributed by atoms with Crippen molar-refractivity contribution >= 4 is 11.8 Å². The number of methoxy groups -OCH3 is 1. The second kappa shape index (κ2) is 5.13. The van der Waals surface area contributed by atoms with Crippen molar-refractivity contribution in [2.75, 3.05) is 7.11 Å². The van der Waals surface area contributed by atoms with E-state index in [1.165, 1.54) is 7.11 Å². The van der Waals surface area contributed by atoms with Crippen LogP contribution in [0.15, 0.2) is 24.3 Å². The highest BCUT2D eigenvalue weighted by molar-refractivity contribution is 5.89. The maximum Gasteiger partial charge on any atom is 0.337 e. The fraction of sp³-hybridized carbons (Fsp3) is 0.467. The molecule has 0 amide bonds. The van der Waals surface area contributed by atoms with Crippen LogP contribution in [0.4, 0.5) is 0 Å². The van der Waals surface area contributed by atoms with Gasteiger partial charge >= 0.3 is 5.97 Å². The van der Waals surface area contributed by atoms with Gasteiger partial charge in [0, 0.05) is 12.8 Å². The topological polar surface area (TPSA) is 52.6 Å². The average molecular weight is 262 g/mol. The lowest BCUT2D eigenvalue weighted by atomic mass is 9.91. The molecule has 102 valence electrons. The zero-order valence-corrected chi connectivity index (χ0v) is 11.4. The van der Waals surface area contributed by atoms with Gasteiger partial charge in [0.1, 0.15) is 5.78 Å². The van der Waals surface area contributed by atoms with Crippen molar-refractivity contribution in [3.05, 3.63) is 35.4 Å². The Labute approximate surface area is 112 Å². The fourth-order valence-corrected chi connectivity index (χ4v) is 2.36. The summed E-state index contributed by atoms with van der Waals surface area (Å²) in [5, 5.41) is 0. The van der Waals surface area contributed by atoms with Gasteiger partial charge in [0.25, 0.3) is 0 Å². The van der Waals surface area contributed by atoms with Gasteiger partial charge in [0.2, 0.25) is 0 Å². The second-order valence-electron chi connectivity index (χ2n) is 5.40. The average Bonchev–Trinajstić information content (AvgIpc) is 2.35. The number of rotatable bonds is 2. The van der Waals surface area contributed by atoms with Gasteiger partial charge in [-0.3, -0.25) is 4.79 Å². The Hall–Kier alpha value is -1.68. The SMILES string of the molecule is COC(=O)c1ccc([C@@H]2CC(=O)CC(C)(C)O2)cc1. The molecule has 1 aromatic carbocycles. The molecule has 1 aliphatic rings. The number of carbonyl (C=O) groups is 2. The third-order valence-electron chi connectivity index (χ3n) is 3.20. The van der Waals surface area contributed by atoms with E-state index in [-0.39, 0.29) is 17.9 Å². The fourth-order valence-electron chi connectivity index (χ4n) is 2.36. The number of esters is 1. The minimum absolute atomic E-state index is 0.207. The maximum absolute atomic E-state index is 11.7. The molecule has 1 atom stereocenters. The van der Waals surface area contributed by atoms with Gasteiger partial charge in [-0.05, 0) is 31.5 Å². The van der Waals surface area contributed by atoms with Crippen molar-refractivity contribution in [3.8, 4) is 0 Å². The number of hydrogen-bond donors (Lipinski definition) is 0. The first-order valence-electron chi connectivity index (χ1n) is 6.29. The monoisotopic (exact) mass is 262 g/mol. The molecule has 0 bridgehead atoms. The highest BCUT2D eigenvalue weighted by Crippen LogP contribution is 2.35. The number of carbonyl (C=O) groups excluding carboxylic acids is 2. The molecular weight excluding hydrogens is 244 g/mol. The highest BCUT2D eigenvalue weighted by Gasteiger charge is 2.34. The lowest BCUT2D eigenvalue weighted by molar-refractivity contribution is -0.149. The van der Waals surface area contributed by atoms with Crippen LogP contribution in [-0.2, 0) is 14.3 Å². The lowest BCUT2D eigenvalue weighted by Crippen LogP contribution is -2.36. The summed E-state index contributed by atoms with van der Waals surface area (Å²) in [6.07, 6.45) is 0.605. The van der Waals surface area contributed by atoms with Crippen LogP contribution in [0, 0.1) is 0 Å². The summed E-state index contributed by atoms with van der Waals surface area (Å²) in [5.41, 5.74) is 0.975. The van der Waals surface area contributed by atoms with Crippen LogP contribution in [0.25, 0.3) is 0 Å². The van der Waals surface area contributed by atoms with Crippen LogP contribution >= 0.6 is 0 Å². The molecule has 2 rings (SSSR count). The summed E-state index contributed by atoms with van der Waals surface area (Å²) in [5.74, 6) is -0.161. The van der Waals surface area contributed by atoms with E-state index < -0.39 is 5.60 Å². The summed E-state index contributed by atoms with van der Waals surface area (Å²) in [6, 6.07) is 7.00. The molecule has 4 nitrogen and oxygen atoms in total. The van der Waals surface area contributed by atoms with Crippen molar-refractivity contribution in [3.63, 3.8) is 0 Å². The molecule has 0 saturated carbocycles. The van der Waals surface area contributed by atoms with Crippen LogP contribution in [0.1, 0.15) is 48.7 Å². The molecule has 0 spiro atoms. The minimum Gasteiger partial charge on any atom is -0.465 e. The molecule has 0 radical (unpaired) electrons. The minimum atomic E-state index is -0.430. The number of ketones is 1. The largest absolute Gasteiger partial charge is 0.465 e. The summed E-state index contributed by atoms with van der Waals surface area (Å²) in [6.45, 7) is 3.83. The van der Waals surface area contributed by atoms with Crippen molar-refractivity contribution < 1.29 is 19.1 Å². The van der Waals surface area contributed by atoms with Gasteiger partial charge in [-0.15, -0.1) is 0 Å². The molecule has 1 fully saturated rings. The smallest absolute Gasteiger partial charge is 0.337 e. The summed E-state index contributed by atoms with van der Waals surface area (Å²) >= 11 is 0. The maximum atomic E-state index is 11.7. The quantitative estimate of drug-likeness (QED) is 0.769. The third-order valence-corrected chi connectivity index (χ3v) is 3.20. The van der Waals surface area contributed by atoms with Crippen LogP contribution in [0.2, 0.25) is 0 Å². The van der Waals surface area contributed by atoms with Crippen LogP contribution in [0.5, 0.6) is 0 Å². The Morgan fingerprint density at radius 2 is 1.95 bits per heavy atom. The molecule has 19 heavy (non-hydrogen) atoms. The standard InChI is InChI=1S/C15H18O4/c1-15(2)9-12(16)8-13(19-15)10-4-6-11(7-5-10)14(17)18-3/h4-7,13H,8-9H2,1-3H3/t13-/m0/s1. The number of benzene rings is 1. The van der Waals surface area contributed by atoms with E-state index in [4.69, 9.17) is 4.74 Å². The van der Waals surface area contributed by atoms with E-state index >= 15 is 0 Å². The Bertz CT molecular complexity index is 487. The van der Waals surface area contributed by atoms with E-state index in [1.807, 2.05) is 26.0 Å². The highest BCUT2D eigenvalue weighted by atomic mass is 16.5. The summed E-state index contributed by atoms with van der Waals surface area (Å²) in [7, 11) is 1.35. The molecule has 0 aromatic heterocycles. The molecule has 1 aliphatic heterocycles. The lowest BCUT2D eigenvalue weighted by Gasteiger charge is -2.35. The Morgan fingerprint density at radius 3 is 2.47 bits per heavy atom. The van der Waals surface area contributed by atoms with Crippen molar-refractivity contribution in [1.29, 1.82) is 0 Å². The molecule has 1 saturated heterocycles. The van der Waals surface area contributed by atoms with E-state index in [9.17, 15) is 9.59 Å². The van der Waals surface area contributed by atoms with Crippen LogP contribution < -0.4 is 0 Å². The second-order valence-corrected chi connectivity index (χ2v) is 5.40. The summed E-state index contributed by atoms with van der Waals surface area (Å²) < 4.78 is 10.6. The Morgan fingerprint density at radius 1 is 1.32 bits per heavy atom. The molecule has 0 aliphatic carbocycles. The van der Waals surface area contributed by atoms with Gasteiger partial charge in [-0.25, -0.2) is 4.79 Å². The molecule has 0 N–H and O–H groups in total. The predicted octanol–water partition coefficient (Wildman–Crippen LogP) is 2.67. The van der Waals surface area contributed by atoms with Crippen LogP contribution in [0.3, 0.4) is 0 Å². The number of ether oxygens (including phenoxy) is 2. The first-order valence-corrected chi connectivity index (χ1v) is 6.29. The first kappa shape index (κ1) is 13.7. The Kier molecular flexibility index (Phi) is 3.71. The van der Waals surface area contributed by atoms with Gasteiger partial charge in [-0.2, -0.15) is 0 Å². The van der Waals surface area contributed by atoms with Gasteiger partial charge < -0.3 is 9.47 Å². The van der Waals surface area contributed by atoms with Gasteiger partial charge in [0.15, 0.2) is 0 Å². The van der Waals surface area contributed by atoms with Crippen molar-refractivity contribution in [1.82, 2.24) is 0 Å². The first-order chi connectivity index (χ1) is 8.91. The van der Waals surface area contributed by atoms with E-state index in [2.05, 4.69) is 4.74 Å². The molecule has 0 unspecified atom stereocenters. The predicted molar refractivity (Wildman–Crippen MR) is 69.9 cm³/mol. The van der Waals surface area contributed by atoms with Gasteiger partial charge in [0.05, 0.1) is 24.4 Å². The molecule has 1 heterocycles. The van der Waals surface area contributed by atoms with E-state index in [1.54, 1.807) is 12.1 Å². The van der Waals surface area contributed by atoms with Crippen molar-refractivity contribution in [2.24, 2.45) is 0 Å². The number of hydrogen-bond acceptors (Lipinski definition) is 4. The van der Waals surface area contributed by atoms with E-state index in [0.29, 0.717) is 18.4 Å². The van der Waals surface area contributed by atoms with E-state index in [0.717, 1.165) is 5.56 Å². The Balaban J connectivity index is 2.18. The third kappa shape index (κ3) is 3.20. The molecule has 4 heteroatoms. The molecule has 1 aromatic rings. The number of Topliss-reactive ketones (excluding diaryl/α,β-unsaturated/α-hetero) is 1. The zero-order valence-electron chi connectivity index (χ0n) is 11.4. The van der Waals surface area contributed by atoms with Gasteiger partial charge in [-0.1, -0.05) is 12.1 Å². The summed E-state index contributed by atoms with van der Waals surface area (Å²) in [4.78, 5) is 23.1. The normalized spacial score (nSPS) is 22.1. The zero-order chi connectivity index (χ0) is 14.0. The van der Waals surface area contributed by atoms with Crippen molar-refractivity contribution in [2.45, 2.75) is 38.4 Å². The molecular formula is C15H18O4.